The van der Waals surface area contributed by atoms with E-state index in [1.54, 1.807) is 23.3 Å². The quantitative estimate of drug-likeness (QED) is 0.250. The van der Waals surface area contributed by atoms with Crippen molar-refractivity contribution in [3.8, 4) is 0 Å². The average Bonchev–Trinajstić information content (AvgIpc) is 3.00. The van der Waals surface area contributed by atoms with Gasteiger partial charge in [-0.15, -0.1) is 37.7 Å². The molecule has 0 unspecified atom stereocenters. The second kappa shape index (κ2) is 16.6. The summed E-state index contributed by atoms with van der Waals surface area (Å²) in [6.45, 7) is 19.7. The number of halogens is 2. The molecule has 0 aromatic carbocycles. The van der Waals surface area contributed by atoms with Crippen LogP contribution in [-0.2, 0) is 23.3 Å². The van der Waals surface area contributed by atoms with Gasteiger partial charge in [-0.2, -0.15) is 11.1 Å². The zero-order chi connectivity index (χ0) is 17.6. The van der Waals surface area contributed by atoms with Crippen molar-refractivity contribution in [1.29, 1.82) is 0 Å². The second-order valence-electron chi connectivity index (χ2n) is 7.91. The first kappa shape index (κ1) is 37.4. The molecule has 0 saturated heterocycles. The zero-order valence-electron chi connectivity index (χ0n) is 18.6. The molecule has 2 aliphatic rings. The minimum absolute atomic E-state index is 0. The van der Waals surface area contributed by atoms with Crippen LogP contribution in [0.25, 0.3) is 0 Å². The molecule has 0 nitrogen and oxygen atoms in total. The molecule has 0 N–H and O–H groups in total. The fraction of sp³-hybridized carbons (Fsp3) is 0.545. The van der Waals surface area contributed by atoms with Gasteiger partial charge < -0.3 is 14.9 Å². The predicted molar refractivity (Wildman–Crippen MR) is 125 cm³/mol. The normalized spacial score (nSPS) is 14.6. The topological polar surface area (TPSA) is 0 Å². The van der Waals surface area contributed by atoms with E-state index in [1.165, 1.54) is 22.3 Å². The maximum absolute atomic E-state index is 3.30. The molecule has 0 heterocycles. The summed E-state index contributed by atoms with van der Waals surface area (Å²) in [5.41, 5.74) is 6.28. The molecule has 4 heteroatoms. The number of rotatable bonds is 0. The van der Waals surface area contributed by atoms with Gasteiger partial charge in [0.25, 0.3) is 0 Å². The standard InChI is InChI=1S/2C10H15.2CH3.2ClH.H2Si.Zr/c2*1-8-5-6-9(7-8)10(2,3)4;;;;;;/h2*7H,6H2,1-4H3;2*1H3;2*1H;1H2;/q4*-1;;;;. The van der Waals surface area contributed by atoms with Gasteiger partial charge in [-0.1, -0.05) is 55.4 Å². The van der Waals surface area contributed by atoms with E-state index in [2.05, 4.69) is 79.7 Å². The van der Waals surface area contributed by atoms with Gasteiger partial charge in [0.2, 0.25) is 0 Å². The third-order valence-corrected chi connectivity index (χ3v) is 3.82. The first-order valence-electron chi connectivity index (χ1n) is 7.92. The van der Waals surface area contributed by atoms with Gasteiger partial charge in [0, 0.05) is 0 Å². The number of hydrogen-bond acceptors (Lipinski definition) is 0. The first-order chi connectivity index (χ1) is 10.00. The molecular weight excluding hydrogens is 454 g/mol. The van der Waals surface area contributed by atoms with Crippen molar-refractivity contribution in [2.24, 2.45) is 10.8 Å². The first-order valence-corrected chi connectivity index (χ1v) is 13.8. The summed E-state index contributed by atoms with van der Waals surface area (Å²) in [5.74, 6) is 0. The molecule has 2 aliphatic carbocycles. The van der Waals surface area contributed by atoms with Crippen LogP contribution in [0.1, 0.15) is 68.2 Å². The van der Waals surface area contributed by atoms with Gasteiger partial charge in [-0.25, -0.2) is 23.3 Å². The van der Waals surface area contributed by atoms with Crippen molar-refractivity contribution in [3.05, 3.63) is 61.4 Å². The van der Waals surface area contributed by atoms with Crippen LogP contribution in [0.3, 0.4) is 0 Å². The van der Waals surface area contributed by atoms with Crippen LogP contribution >= 0.6 is 24.8 Å². The Bertz CT molecular complexity index is 455. The van der Waals surface area contributed by atoms with E-state index in [-0.39, 0.29) is 39.7 Å². The van der Waals surface area contributed by atoms with Crippen molar-refractivity contribution in [2.45, 2.75) is 68.2 Å². The van der Waals surface area contributed by atoms with Crippen LogP contribution < -0.4 is 0 Å². The third-order valence-electron chi connectivity index (χ3n) is 3.82. The molecule has 2 rings (SSSR count). The molecule has 0 aromatic heterocycles. The van der Waals surface area contributed by atoms with Crippen LogP contribution in [-0.4, -0.2) is 6.88 Å². The summed E-state index contributed by atoms with van der Waals surface area (Å²) in [6.07, 6.45) is 13.2. The van der Waals surface area contributed by atoms with Gasteiger partial charge in [-0.3, -0.25) is 12.2 Å². The van der Waals surface area contributed by atoms with E-state index in [0.717, 1.165) is 12.8 Å². The molecule has 0 bridgehead atoms. The third kappa shape index (κ3) is 14.7. The minimum atomic E-state index is 0. The fourth-order valence-corrected chi connectivity index (χ4v) is 2.16. The Hall–Kier alpha value is 0.640. The van der Waals surface area contributed by atoms with Crippen molar-refractivity contribution < 1.29 is 23.3 Å². The molecule has 154 valence electrons. The van der Waals surface area contributed by atoms with Crippen LogP contribution in [0, 0.1) is 37.8 Å². The maximum atomic E-state index is 3.30. The summed E-state index contributed by atoms with van der Waals surface area (Å²) in [6, 6.07) is 0. The Balaban J connectivity index is -0.0000000904. The molecule has 0 fully saturated rings. The molecule has 0 amide bonds. The Kier molecular flexibility index (Phi) is 23.9. The van der Waals surface area contributed by atoms with Crippen molar-refractivity contribution in [2.75, 3.05) is 0 Å². The van der Waals surface area contributed by atoms with Gasteiger partial charge in [-0.05, 0) is 10.8 Å². The molecule has 26 heavy (non-hydrogen) atoms. The number of allylic oxidation sites excluding steroid dienone is 8. The summed E-state index contributed by atoms with van der Waals surface area (Å²) in [4.78, 5) is 0. The van der Waals surface area contributed by atoms with Gasteiger partial charge in [0.1, 0.15) is 0 Å². The van der Waals surface area contributed by atoms with Crippen LogP contribution in [0.5, 0.6) is 0 Å². The van der Waals surface area contributed by atoms with Crippen molar-refractivity contribution in [1.82, 2.24) is 0 Å². The van der Waals surface area contributed by atoms with Crippen LogP contribution in [0.2, 0.25) is 0 Å². The fourth-order valence-electron chi connectivity index (χ4n) is 2.16. The van der Waals surface area contributed by atoms with Gasteiger partial charge >= 0.3 is 30.2 Å². The monoisotopic (exact) mass is 492 g/mol. The molecule has 0 radical (unpaired) electrons. The van der Waals surface area contributed by atoms with E-state index in [0.29, 0.717) is 10.8 Å². The molecule has 0 aromatic rings. The van der Waals surface area contributed by atoms with Crippen molar-refractivity contribution >= 4 is 31.7 Å². The number of hydrogen-bond donors (Lipinski definition) is 0. The van der Waals surface area contributed by atoms with Gasteiger partial charge in [0.05, 0.1) is 0 Å². The second-order valence-corrected chi connectivity index (χ2v) is 7.91. The Labute approximate surface area is 194 Å². The average molecular weight is 495 g/mol. The molecule has 0 spiro atoms. The van der Waals surface area contributed by atoms with Crippen molar-refractivity contribution in [3.63, 3.8) is 0 Å². The Morgan fingerprint density at radius 1 is 0.731 bits per heavy atom. The van der Waals surface area contributed by atoms with E-state index < -0.39 is 0 Å². The Morgan fingerprint density at radius 3 is 1.04 bits per heavy atom. The van der Waals surface area contributed by atoms with E-state index in [4.69, 9.17) is 0 Å². The molecule has 0 atom stereocenters. The Morgan fingerprint density at radius 2 is 0.962 bits per heavy atom. The molecule has 0 saturated carbocycles. The SMILES string of the molecule is CC1=[C-]CC(C(C)(C)C)=C1.CC1=[C-]CC(C(C)(C)C)=C1.Cl.Cl.[CH3-].[CH3-].[SiH2]=[Zr]. The molecular formula is C22H40Cl2SiZr-4. The molecule has 0 aliphatic heterocycles. The van der Waals surface area contributed by atoms with Crippen LogP contribution in [0.15, 0.2) is 34.4 Å². The van der Waals surface area contributed by atoms with Crippen LogP contribution in [0.4, 0.5) is 0 Å². The summed E-state index contributed by atoms with van der Waals surface area (Å²) >= 11 is 1.58. The summed E-state index contributed by atoms with van der Waals surface area (Å²) in [7, 11) is 0. The predicted octanol–water partition coefficient (Wildman–Crippen LogP) is 7.05. The summed E-state index contributed by atoms with van der Waals surface area (Å²) in [5, 5.41) is 0. The zero-order valence-corrected chi connectivity index (χ0v) is 24.1. The van der Waals surface area contributed by atoms with Gasteiger partial charge in [0.15, 0.2) is 0 Å². The van der Waals surface area contributed by atoms with E-state index in [1.807, 2.05) is 6.88 Å². The summed E-state index contributed by atoms with van der Waals surface area (Å²) < 4.78 is 0. The van der Waals surface area contributed by atoms with E-state index >= 15 is 0 Å². The van der Waals surface area contributed by atoms with E-state index in [9.17, 15) is 0 Å².